The van der Waals surface area contributed by atoms with Crippen LogP contribution < -0.4 is 15.4 Å². The minimum absolute atomic E-state index is 0.208. The number of anilines is 2. The Labute approximate surface area is 204 Å². The number of carbonyl (C=O) groups excluding carboxylic acids is 2. The molecule has 178 valence electrons. The number of carbonyl (C=O) groups is 2. The molecule has 0 spiro atoms. The van der Waals surface area contributed by atoms with Crippen LogP contribution in [0.2, 0.25) is 0 Å². The van der Waals surface area contributed by atoms with Crippen LogP contribution in [0.4, 0.5) is 11.4 Å². The Morgan fingerprint density at radius 3 is 2.23 bits per heavy atom. The SMILES string of the molecule is COc1cccc(C(=O)Nc2ccc(Cn3cnc(C(=O)Nc4ccc(C(C)C)cc4)c3)cc2)c1. The van der Waals surface area contributed by atoms with E-state index >= 15 is 0 Å². The predicted octanol–water partition coefficient (Wildman–Crippen LogP) is 5.57. The molecule has 35 heavy (non-hydrogen) atoms. The van der Waals surface area contributed by atoms with Crippen molar-refractivity contribution in [2.24, 2.45) is 0 Å². The Morgan fingerprint density at radius 1 is 0.914 bits per heavy atom. The van der Waals surface area contributed by atoms with Gasteiger partial charge in [-0.15, -0.1) is 0 Å². The second-order valence-corrected chi connectivity index (χ2v) is 8.55. The highest BCUT2D eigenvalue weighted by atomic mass is 16.5. The van der Waals surface area contributed by atoms with Crippen LogP contribution in [-0.4, -0.2) is 28.5 Å². The summed E-state index contributed by atoms with van der Waals surface area (Å²) >= 11 is 0. The van der Waals surface area contributed by atoms with E-state index in [4.69, 9.17) is 4.74 Å². The molecule has 0 bridgehead atoms. The van der Waals surface area contributed by atoms with Crippen LogP contribution in [0.1, 0.15) is 51.7 Å². The van der Waals surface area contributed by atoms with E-state index in [2.05, 4.69) is 29.5 Å². The normalized spacial score (nSPS) is 10.7. The number of aromatic nitrogens is 2. The number of methoxy groups -OCH3 is 1. The van der Waals surface area contributed by atoms with Gasteiger partial charge >= 0.3 is 0 Å². The molecule has 0 atom stereocenters. The summed E-state index contributed by atoms with van der Waals surface area (Å²) < 4.78 is 7.02. The van der Waals surface area contributed by atoms with Crippen molar-refractivity contribution in [2.75, 3.05) is 17.7 Å². The number of imidazole rings is 1. The molecule has 4 aromatic rings. The standard InChI is InChI=1S/C28H28N4O3/c1-19(2)21-9-13-24(14-10-21)31-28(34)26-17-32(18-29-26)16-20-7-11-23(12-8-20)30-27(33)22-5-4-6-25(15-22)35-3/h4-15,17-19H,16H2,1-3H3,(H,30,33)(H,31,34). The first-order valence-electron chi connectivity index (χ1n) is 11.4. The average Bonchev–Trinajstić information content (AvgIpc) is 3.34. The summed E-state index contributed by atoms with van der Waals surface area (Å²) in [4.78, 5) is 29.3. The maximum atomic E-state index is 12.6. The zero-order valence-corrected chi connectivity index (χ0v) is 20.0. The molecule has 0 saturated carbocycles. The minimum atomic E-state index is -0.253. The maximum absolute atomic E-state index is 12.6. The third-order valence-corrected chi connectivity index (χ3v) is 5.61. The van der Waals surface area contributed by atoms with E-state index in [-0.39, 0.29) is 11.8 Å². The lowest BCUT2D eigenvalue weighted by Crippen LogP contribution is -2.12. The van der Waals surface area contributed by atoms with Gasteiger partial charge in [-0.25, -0.2) is 4.98 Å². The lowest BCUT2D eigenvalue weighted by atomic mass is 10.0. The summed E-state index contributed by atoms with van der Waals surface area (Å²) in [6.07, 6.45) is 3.35. The summed E-state index contributed by atoms with van der Waals surface area (Å²) in [5, 5.41) is 5.77. The molecule has 0 aliphatic heterocycles. The van der Waals surface area contributed by atoms with Gasteiger partial charge in [0.05, 0.1) is 13.4 Å². The first kappa shape index (κ1) is 23.8. The van der Waals surface area contributed by atoms with Gasteiger partial charge in [-0.3, -0.25) is 9.59 Å². The average molecular weight is 469 g/mol. The molecule has 0 radical (unpaired) electrons. The monoisotopic (exact) mass is 468 g/mol. The molecule has 2 amide bonds. The van der Waals surface area contributed by atoms with E-state index in [1.807, 2.05) is 53.1 Å². The van der Waals surface area contributed by atoms with Crippen molar-refractivity contribution >= 4 is 23.2 Å². The van der Waals surface area contributed by atoms with E-state index in [9.17, 15) is 9.59 Å². The van der Waals surface area contributed by atoms with Crippen LogP contribution in [0, 0.1) is 0 Å². The maximum Gasteiger partial charge on any atom is 0.275 e. The Balaban J connectivity index is 1.34. The first-order valence-corrected chi connectivity index (χ1v) is 11.4. The molecule has 0 fully saturated rings. The van der Waals surface area contributed by atoms with Crippen LogP contribution in [0.15, 0.2) is 85.3 Å². The number of amides is 2. The lowest BCUT2D eigenvalue weighted by molar-refractivity contribution is 0.101. The fraction of sp³-hybridized carbons (Fsp3) is 0.179. The summed E-state index contributed by atoms with van der Waals surface area (Å²) in [5.41, 5.74) is 4.53. The molecule has 7 nitrogen and oxygen atoms in total. The molecule has 3 aromatic carbocycles. The summed E-state index contributed by atoms with van der Waals surface area (Å²) in [6.45, 7) is 4.81. The van der Waals surface area contributed by atoms with E-state index in [0.29, 0.717) is 35.2 Å². The number of nitrogens with zero attached hydrogens (tertiary/aromatic N) is 2. The number of hydrogen-bond acceptors (Lipinski definition) is 4. The third kappa shape index (κ3) is 6.14. The van der Waals surface area contributed by atoms with Crippen LogP contribution >= 0.6 is 0 Å². The molecule has 7 heteroatoms. The highest BCUT2D eigenvalue weighted by Gasteiger charge is 2.11. The zero-order valence-electron chi connectivity index (χ0n) is 20.0. The van der Waals surface area contributed by atoms with E-state index < -0.39 is 0 Å². The quantitative estimate of drug-likeness (QED) is 0.354. The molecule has 4 rings (SSSR count). The van der Waals surface area contributed by atoms with Crippen LogP contribution in [0.3, 0.4) is 0 Å². The highest BCUT2D eigenvalue weighted by molar-refractivity contribution is 6.04. The van der Waals surface area contributed by atoms with Gasteiger partial charge in [0.2, 0.25) is 0 Å². The van der Waals surface area contributed by atoms with Gasteiger partial charge in [0.1, 0.15) is 11.4 Å². The van der Waals surface area contributed by atoms with E-state index in [0.717, 1.165) is 11.3 Å². The molecule has 0 saturated heterocycles. The van der Waals surface area contributed by atoms with Crippen molar-refractivity contribution < 1.29 is 14.3 Å². The fourth-order valence-electron chi connectivity index (χ4n) is 3.58. The first-order chi connectivity index (χ1) is 16.9. The number of nitrogens with one attached hydrogen (secondary N) is 2. The Hall–Kier alpha value is -4.39. The summed E-state index contributed by atoms with van der Waals surface area (Å²) in [5.74, 6) is 0.608. The van der Waals surface area contributed by atoms with E-state index in [1.165, 1.54) is 5.56 Å². The van der Waals surface area contributed by atoms with Crippen LogP contribution in [-0.2, 0) is 6.54 Å². The van der Waals surface area contributed by atoms with Gasteiger partial charge in [0.15, 0.2) is 0 Å². The smallest absolute Gasteiger partial charge is 0.275 e. The Kier molecular flexibility index (Phi) is 7.26. The van der Waals surface area contributed by atoms with Gasteiger partial charge in [0.25, 0.3) is 11.8 Å². The Bertz CT molecular complexity index is 1310. The molecule has 1 heterocycles. The molecular formula is C28H28N4O3. The van der Waals surface area contributed by atoms with E-state index in [1.54, 1.807) is 43.9 Å². The van der Waals surface area contributed by atoms with Gasteiger partial charge in [-0.1, -0.05) is 44.2 Å². The van der Waals surface area contributed by atoms with Crippen molar-refractivity contribution in [3.8, 4) is 5.75 Å². The van der Waals surface area contributed by atoms with Crippen molar-refractivity contribution in [3.05, 3.63) is 108 Å². The van der Waals surface area contributed by atoms with Crippen LogP contribution in [0.5, 0.6) is 5.75 Å². The zero-order chi connectivity index (χ0) is 24.8. The van der Waals surface area contributed by atoms with Crippen molar-refractivity contribution in [2.45, 2.75) is 26.3 Å². The number of ether oxygens (including phenoxy) is 1. The van der Waals surface area contributed by atoms with Gasteiger partial charge in [-0.2, -0.15) is 0 Å². The second-order valence-electron chi connectivity index (χ2n) is 8.55. The largest absolute Gasteiger partial charge is 0.497 e. The van der Waals surface area contributed by atoms with Gasteiger partial charge in [-0.05, 0) is 59.5 Å². The fourth-order valence-corrected chi connectivity index (χ4v) is 3.58. The molecule has 0 aliphatic carbocycles. The van der Waals surface area contributed by atoms with Crippen molar-refractivity contribution in [1.82, 2.24) is 9.55 Å². The van der Waals surface area contributed by atoms with Crippen molar-refractivity contribution in [3.63, 3.8) is 0 Å². The summed E-state index contributed by atoms with van der Waals surface area (Å²) in [7, 11) is 1.57. The van der Waals surface area contributed by atoms with Gasteiger partial charge < -0.3 is 19.9 Å². The molecule has 0 aliphatic rings. The summed E-state index contributed by atoms with van der Waals surface area (Å²) in [6, 6.07) is 22.4. The molecular weight excluding hydrogens is 440 g/mol. The minimum Gasteiger partial charge on any atom is -0.497 e. The molecule has 2 N–H and O–H groups in total. The van der Waals surface area contributed by atoms with Crippen molar-refractivity contribution in [1.29, 1.82) is 0 Å². The van der Waals surface area contributed by atoms with Gasteiger partial charge in [0, 0.05) is 29.7 Å². The lowest BCUT2D eigenvalue weighted by Gasteiger charge is -2.08. The number of rotatable bonds is 8. The molecule has 0 unspecified atom stereocenters. The highest BCUT2D eigenvalue weighted by Crippen LogP contribution is 2.18. The Morgan fingerprint density at radius 2 is 1.57 bits per heavy atom. The molecule has 1 aromatic heterocycles. The van der Waals surface area contributed by atoms with Crippen LogP contribution in [0.25, 0.3) is 0 Å². The topological polar surface area (TPSA) is 85.2 Å². The predicted molar refractivity (Wildman–Crippen MR) is 137 cm³/mol. The number of hydrogen-bond donors (Lipinski definition) is 2. The third-order valence-electron chi connectivity index (χ3n) is 5.61. The number of benzene rings is 3. The second kappa shape index (κ2) is 10.7.